The summed E-state index contributed by atoms with van der Waals surface area (Å²) >= 11 is 0. The number of para-hydroxylation sites is 1. The lowest BCUT2D eigenvalue weighted by atomic mass is 10.1. The minimum absolute atomic E-state index is 0.0893. The van der Waals surface area contributed by atoms with Crippen molar-refractivity contribution in [2.24, 2.45) is 0 Å². The molecule has 0 unspecified atom stereocenters. The Morgan fingerprint density at radius 1 is 0.676 bits per heavy atom. The molecule has 0 amide bonds. The van der Waals surface area contributed by atoms with Crippen LogP contribution in [-0.2, 0) is 4.79 Å². The number of allylic oxidation sites excluding steroid dienone is 1. The molecule has 0 heterocycles. The summed E-state index contributed by atoms with van der Waals surface area (Å²) in [5, 5.41) is 6.30. The number of carbonyl (C=O) groups excluding carboxylic acids is 1. The first-order valence-electron chi connectivity index (χ1n) is 10.6. The number of hydrogen-bond donors (Lipinski definition) is 1. The number of ketones is 1. The summed E-state index contributed by atoms with van der Waals surface area (Å²) < 4.78 is 39.3. The molecule has 4 aromatic rings. The van der Waals surface area contributed by atoms with Gasteiger partial charge in [0.1, 0.15) is 0 Å². The third-order valence-corrected chi connectivity index (χ3v) is 7.58. The molecular formula is C28H21F3NOP. The van der Waals surface area contributed by atoms with Crippen LogP contribution in [0.1, 0.15) is 5.56 Å². The molecule has 0 atom stereocenters. The second-order valence-corrected chi connectivity index (χ2v) is 9.62. The van der Waals surface area contributed by atoms with E-state index in [2.05, 4.69) is 29.6 Å². The molecule has 1 N–H and O–H groups in total. The number of nitrogens with one attached hydrogen (secondary N) is 1. The number of alkyl halides is 3. The van der Waals surface area contributed by atoms with Crippen LogP contribution in [0.3, 0.4) is 0 Å². The van der Waals surface area contributed by atoms with Crippen molar-refractivity contribution in [1.29, 1.82) is 0 Å². The number of anilines is 1. The maximum atomic E-state index is 13.1. The lowest BCUT2D eigenvalue weighted by molar-refractivity contribution is -0.165. The standard InChI is InChI=1S/C28H21F3NOP/c29-28(30,31)27(33)20-25(21-12-4-1-5-13-21)32-24-18-10-11-19-26(24)34(22-14-6-2-7-15-22)23-16-8-3-9-17-23/h1-20,32H/b25-20-. The Morgan fingerprint density at radius 2 is 1.15 bits per heavy atom. The topological polar surface area (TPSA) is 29.1 Å². The van der Waals surface area contributed by atoms with E-state index in [0.29, 0.717) is 17.3 Å². The largest absolute Gasteiger partial charge is 0.454 e. The zero-order chi connectivity index (χ0) is 24.0. The van der Waals surface area contributed by atoms with Gasteiger partial charge in [-0.15, -0.1) is 0 Å². The Hall–Kier alpha value is -3.69. The molecule has 0 aliphatic heterocycles. The SMILES string of the molecule is O=C(/C=C(\Nc1ccccc1P(c1ccccc1)c1ccccc1)c1ccccc1)C(F)(F)F. The average molecular weight is 475 g/mol. The highest BCUT2D eigenvalue weighted by molar-refractivity contribution is 7.80. The Balaban J connectivity index is 1.83. The molecule has 170 valence electrons. The van der Waals surface area contributed by atoms with E-state index in [0.717, 1.165) is 15.9 Å². The molecule has 2 nitrogen and oxygen atoms in total. The van der Waals surface area contributed by atoms with Crippen molar-refractivity contribution in [3.63, 3.8) is 0 Å². The van der Waals surface area contributed by atoms with Crippen molar-refractivity contribution >= 4 is 41.0 Å². The van der Waals surface area contributed by atoms with Crippen LogP contribution >= 0.6 is 7.92 Å². The summed E-state index contributed by atoms with van der Waals surface area (Å²) in [4.78, 5) is 11.9. The van der Waals surface area contributed by atoms with E-state index in [1.165, 1.54) is 0 Å². The first-order valence-corrected chi connectivity index (χ1v) is 11.9. The molecule has 0 saturated carbocycles. The summed E-state index contributed by atoms with van der Waals surface area (Å²) in [5.74, 6) is -1.91. The van der Waals surface area contributed by atoms with Gasteiger partial charge < -0.3 is 5.32 Å². The third kappa shape index (κ3) is 5.62. The van der Waals surface area contributed by atoms with E-state index in [9.17, 15) is 18.0 Å². The third-order valence-electron chi connectivity index (χ3n) is 5.08. The zero-order valence-corrected chi connectivity index (χ0v) is 18.9. The fourth-order valence-corrected chi connectivity index (χ4v) is 5.92. The van der Waals surface area contributed by atoms with Gasteiger partial charge in [0.15, 0.2) is 0 Å². The van der Waals surface area contributed by atoms with Gasteiger partial charge >= 0.3 is 6.18 Å². The second kappa shape index (κ2) is 10.5. The van der Waals surface area contributed by atoms with Gasteiger partial charge in [-0.25, -0.2) is 0 Å². The zero-order valence-electron chi connectivity index (χ0n) is 18.0. The van der Waals surface area contributed by atoms with Crippen LogP contribution in [0.4, 0.5) is 18.9 Å². The van der Waals surface area contributed by atoms with E-state index < -0.39 is 19.9 Å². The van der Waals surface area contributed by atoms with Gasteiger partial charge in [0.2, 0.25) is 0 Å². The van der Waals surface area contributed by atoms with Gasteiger partial charge in [-0.3, -0.25) is 4.79 Å². The molecule has 0 spiro atoms. The minimum atomic E-state index is -4.96. The van der Waals surface area contributed by atoms with Gasteiger partial charge in [-0.05, 0) is 30.2 Å². The van der Waals surface area contributed by atoms with Crippen molar-refractivity contribution in [2.45, 2.75) is 6.18 Å². The maximum absolute atomic E-state index is 13.1. The molecule has 34 heavy (non-hydrogen) atoms. The molecule has 0 saturated heterocycles. The van der Waals surface area contributed by atoms with Crippen molar-refractivity contribution in [3.05, 3.63) is 127 Å². The molecule has 6 heteroatoms. The predicted octanol–water partition coefficient (Wildman–Crippen LogP) is 6.03. The molecule has 0 radical (unpaired) electrons. The number of carbonyl (C=O) groups is 1. The van der Waals surface area contributed by atoms with Gasteiger partial charge in [0, 0.05) is 22.8 Å². The number of halogens is 3. The number of benzene rings is 4. The predicted molar refractivity (Wildman–Crippen MR) is 134 cm³/mol. The fraction of sp³-hybridized carbons (Fsp3) is 0.0357. The van der Waals surface area contributed by atoms with Crippen LogP contribution in [0.5, 0.6) is 0 Å². The molecule has 4 rings (SSSR count). The van der Waals surface area contributed by atoms with Crippen LogP contribution in [-0.4, -0.2) is 12.0 Å². The van der Waals surface area contributed by atoms with E-state index in [1.54, 1.807) is 30.3 Å². The number of rotatable bonds is 7. The van der Waals surface area contributed by atoms with Crippen LogP contribution in [0.25, 0.3) is 5.70 Å². The Labute approximate surface area is 197 Å². The molecule has 0 aliphatic rings. The maximum Gasteiger partial charge on any atom is 0.454 e. The summed E-state index contributed by atoms with van der Waals surface area (Å²) in [5.41, 5.74) is 1.22. The minimum Gasteiger partial charge on any atom is -0.354 e. The normalized spacial score (nSPS) is 11.9. The monoisotopic (exact) mass is 475 g/mol. The Bertz CT molecular complexity index is 1230. The van der Waals surface area contributed by atoms with E-state index in [1.807, 2.05) is 60.7 Å². The van der Waals surface area contributed by atoms with Crippen LogP contribution in [0.2, 0.25) is 0 Å². The highest BCUT2D eigenvalue weighted by Gasteiger charge is 2.37. The van der Waals surface area contributed by atoms with Crippen LogP contribution < -0.4 is 21.2 Å². The molecule has 0 fully saturated rings. The van der Waals surface area contributed by atoms with Gasteiger partial charge in [-0.2, -0.15) is 13.2 Å². The molecular weight excluding hydrogens is 454 g/mol. The van der Waals surface area contributed by atoms with Gasteiger partial charge in [0.25, 0.3) is 5.78 Å². The van der Waals surface area contributed by atoms with Crippen LogP contribution in [0, 0.1) is 0 Å². The van der Waals surface area contributed by atoms with E-state index in [-0.39, 0.29) is 5.70 Å². The first kappa shape index (κ1) is 23.5. The lowest BCUT2D eigenvalue weighted by Gasteiger charge is -2.23. The Morgan fingerprint density at radius 3 is 1.68 bits per heavy atom. The van der Waals surface area contributed by atoms with Crippen molar-refractivity contribution < 1.29 is 18.0 Å². The quantitative estimate of drug-likeness (QED) is 0.261. The molecule has 0 aromatic heterocycles. The smallest absolute Gasteiger partial charge is 0.354 e. The second-order valence-electron chi connectivity index (χ2n) is 7.43. The summed E-state index contributed by atoms with van der Waals surface area (Å²) in [7, 11) is -1.01. The van der Waals surface area contributed by atoms with E-state index in [4.69, 9.17) is 0 Å². The van der Waals surface area contributed by atoms with Crippen molar-refractivity contribution in [1.82, 2.24) is 0 Å². The summed E-state index contributed by atoms with van der Waals surface area (Å²) in [6.07, 6.45) is -4.33. The lowest BCUT2D eigenvalue weighted by Crippen LogP contribution is -2.24. The first-order chi connectivity index (χ1) is 16.4. The molecule has 4 aromatic carbocycles. The number of hydrogen-bond acceptors (Lipinski definition) is 2. The molecule has 0 bridgehead atoms. The van der Waals surface area contributed by atoms with E-state index >= 15 is 0 Å². The summed E-state index contributed by atoms with van der Waals surface area (Å²) in [6.45, 7) is 0. The highest BCUT2D eigenvalue weighted by atomic mass is 31.1. The van der Waals surface area contributed by atoms with Crippen molar-refractivity contribution in [3.8, 4) is 0 Å². The highest BCUT2D eigenvalue weighted by Crippen LogP contribution is 2.36. The Kier molecular flexibility index (Phi) is 7.24. The van der Waals surface area contributed by atoms with Crippen molar-refractivity contribution in [2.75, 3.05) is 5.32 Å². The summed E-state index contributed by atoms with van der Waals surface area (Å²) in [6, 6.07) is 36.1. The van der Waals surface area contributed by atoms with Gasteiger partial charge in [0.05, 0.1) is 0 Å². The van der Waals surface area contributed by atoms with Crippen LogP contribution in [0.15, 0.2) is 121 Å². The fourth-order valence-electron chi connectivity index (χ4n) is 3.52. The molecule has 0 aliphatic carbocycles. The average Bonchev–Trinajstić information content (AvgIpc) is 2.86. The van der Waals surface area contributed by atoms with Gasteiger partial charge in [-0.1, -0.05) is 109 Å².